The molecule has 0 bridgehead atoms. The summed E-state index contributed by atoms with van der Waals surface area (Å²) in [5.41, 5.74) is 1.36. The van der Waals surface area contributed by atoms with E-state index in [-0.39, 0.29) is 35.0 Å². The first-order valence-corrected chi connectivity index (χ1v) is 17.3. The van der Waals surface area contributed by atoms with E-state index in [1.54, 1.807) is 34.4 Å². The number of nitriles is 1. The number of carbonyl (C=O) groups excluding carboxylic acids is 1. The van der Waals surface area contributed by atoms with Crippen molar-refractivity contribution < 1.29 is 26.6 Å². The van der Waals surface area contributed by atoms with Crippen LogP contribution in [-0.4, -0.2) is 61.8 Å². The normalized spacial score (nSPS) is 25.2. The molecule has 3 aromatic heterocycles. The molecule has 16 heteroatoms. The van der Waals surface area contributed by atoms with Gasteiger partial charge in [-0.3, -0.25) is 9.48 Å². The Balaban J connectivity index is 1.33. The molecule has 2 saturated carbocycles. The first kappa shape index (κ1) is 31.4. The van der Waals surface area contributed by atoms with E-state index in [1.165, 1.54) is 23.1 Å². The Morgan fingerprint density at radius 1 is 1.19 bits per heavy atom. The van der Waals surface area contributed by atoms with Gasteiger partial charge in [0.2, 0.25) is 10.9 Å². The molecule has 47 heavy (non-hydrogen) atoms. The van der Waals surface area contributed by atoms with Crippen LogP contribution in [0.1, 0.15) is 58.0 Å². The minimum atomic E-state index is -4.66. The minimum absolute atomic E-state index is 0.0309. The topological polar surface area (TPSA) is 123 Å². The fourth-order valence-electron chi connectivity index (χ4n) is 7.04. The van der Waals surface area contributed by atoms with E-state index in [0.717, 1.165) is 0 Å². The number of aryl methyl sites for hydroxylation is 1. The Morgan fingerprint density at radius 2 is 1.94 bits per heavy atom. The van der Waals surface area contributed by atoms with Crippen LogP contribution >= 0.6 is 11.3 Å². The molecule has 7 rings (SSSR count). The lowest BCUT2D eigenvalue weighted by atomic mass is 9.60. The molecule has 244 valence electrons. The number of Topliss-reactive ketones (excluding diaryl/α,β-unsaturated/α-hetero) is 1. The molecule has 3 aliphatic carbocycles. The number of allylic oxidation sites excluding steroid dienone is 1. The van der Waals surface area contributed by atoms with Gasteiger partial charge in [-0.25, -0.2) is 27.6 Å². The van der Waals surface area contributed by atoms with Crippen molar-refractivity contribution in [3.63, 3.8) is 0 Å². The summed E-state index contributed by atoms with van der Waals surface area (Å²) in [6, 6.07) is 7.25. The lowest BCUT2D eigenvalue weighted by molar-refractivity contribution is -0.134. The van der Waals surface area contributed by atoms with Gasteiger partial charge in [0.1, 0.15) is 17.0 Å². The molecule has 0 amide bonds. The fraction of sp³-hybridized carbons (Fsp3) is 0.387. The minimum Gasteiger partial charge on any atom is -0.290 e. The number of nitrogens with zero attached hydrogens (tertiary/aromatic N) is 8. The number of alkyl halides is 3. The Morgan fingerprint density at radius 3 is 2.57 bits per heavy atom. The van der Waals surface area contributed by atoms with Gasteiger partial charge < -0.3 is 0 Å². The first-order valence-electron chi connectivity index (χ1n) is 14.8. The van der Waals surface area contributed by atoms with Gasteiger partial charge in [-0.2, -0.15) is 23.5 Å². The van der Waals surface area contributed by atoms with E-state index in [9.17, 15) is 31.8 Å². The van der Waals surface area contributed by atoms with Crippen LogP contribution in [0, 0.1) is 28.5 Å². The van der Waals surface area contributed by atoms with Gasteiger partial charge in [0.25, 0.3) is 0 Å². The van der Waals surface area contributed by atoms with Crippen molar-refractivity contribution >= 4 is 38.8 Å². The zero-order valence-electron chi connectivity index (χ0n) is 25.0. The van der Waals surface area contributed by atoms with Crippen molar-refractivity contribution in [3.8, 4) is 11.8 Å². The molecule has 0 saturated heterocycles. The van der Waals surface area contributed by atoms with Gasteiger partial charge in [-0.1, -0.05) is 5.57 Å². The summed E-state index contributed by atoms with van der Waals surface area (Å²) in [4.78, 5) is 21.8. The van der Waals surface area contributed by atoms with Gasteiger partial charge in [0, 0.05) is 25.0 Å². The number of fused-ring (bicyclic) bond motifs is 2. The number of hydrogen-bond donors (Lipinski definition) is 0. The van der Waals surface area contributed by atoms with Crippen LogP contribution in [0.5, 0.6) is 0 Å². The molecule has 10 nitrogen and oxygen atoms in total. The molecule has 4 aromatic rings. The van der Waals surface area contributed by atoms with Crippen molar-refractivity contribution in [2.75, 3.05) is 0 Å². The summed E-state index contributed by atoms with van der Waals surface area (Å²) in [6.45, 7) is 0. The van der Waals surface area contributed by atoms with Crippen LogP contribution in [-0.2, 0) is 29.4 Å². The second kappa shape index (κ2) is 11.2. The highest BCUT2D eigenvalue weighted by atomic mass is 32.2. The Kier molecular flexibility index (Phi) is 7.49. The van der Waals surface area contributed by atoms with Crippen LogP contribution in [0.25, 0.3) is 11.8 Å². The zero-order chi connectivity index (χ0) is 33.3. The lowest BCUT2D eigenvalue weighted by Gasteiger charge is -2.51. The number of carbonyl (C=O) groups is 1. The standard InChI is InChI=1S/C31H28F4N8O2S2/c1-41-17-38-29(40-41)47(2,45)43(24-9-18(10-24)14-36)23-6-3-20-11-25-19(15-39-42(25)22-7-4-21(32)5-8-22)12-30(20,13-23)27(44)28-37-16-26(46-28)31(33,34)35/h4-5,7-8,11,15-18,23-24H,2-3,6,9-10,12-13H2,1H3/t18?,23-,24?,30-,47?/m0/s1. The summed E-state index contributed by atoms with van der Waals surface area (Å²) in [6.07, 6.45) is 2.85. The van der Waals surface area contributed by atoms with Crippen LogP contribution in [0.15, 0.2) is 53.7 Å². The average Bonchev–Trinajstić information content (AvgIpc) is 3.77. The molecule has 3 heterocycles. The summed E-state index contributed by atoms with van der Waals surface area (Å²) < 4.78 is 73.9. The van der Waals surface area contributed by atoms with Crippen molar-refractivity contribution in [2.45, 2.75) is 61.9 Å². The van der Waals surface area contributed by atoms with E-state index in [0.29, 0.717) is 65.7 Å². The second-order valence-corrected chi connectivity index (χ2v) is 15.4. The van der Waals surface area contributed by atoms with Crippen molar-refractivity contribution in [2.24, 2.45) is 18.4 Å². The monoisotopic (exact) mass is 684 g/mol. The van der Waals surface area contributed by atoms with E-state index in [4.69, 9.17) is 0 Å². The van der Waals surface area contributed by atoms with E-state index >= 15 is 0 Å². The first-order chi connectivity index (χ1) is 22.3. The van der Waals surface area contributed by atoms with E-state index < -0.39 is 43.8 Å². The smallest absolute Gasteiger partial charge is 0.290 e. The Labute approximate surface area is 271 Å². The quantitative estimate of drug-likeness (QED) is 0.148. The predicted octanol–water partition coefficient (Wildman–Crippen LogP) is 5.27. The molecular formula is C31H28F4N8O2S2. The van der Waals surface area contributed by atoms with E-state index in [1.807, 2.05) is 6.08 Å². The van der Waals surface area contributed by atoms with Crippen LogP contribution in [0.3, 0.4) is 0 Å². The predicted molar refractivity (Wildman–Crippen MR) is 165 cm³/mol. The van der Waals surface area contributed by atoms with Gasteiger partial charge in [0.15, 0.2) is 5.01 Å². The fourth-order valence-corrected chi connectivity index (χ4v) is 9.84. The molecule has 3 aliphatic rings. The molecule has 0 radical (unpaired) electrons. The number of ketones is 1. The average molecular weight is 685 g/mol. The third-order valence-electron chi connectivity index (χ3n) is 9.34. The van der Waals surface area contributed by atoms with Crippen molar-refractivity contribution in [1.82, 2.24) is 33.8 Å². The van der Waals surface area contributed by atoms with Crippen molar-refractivity contribution in [1.29, 1.82) is 5.26 Å². The third kappa shape index (κ3) is 5.30. The van der Waals surface area contributed by atoms with Crippen LogP contribution in [0.2, 0.25) is 0 Å². The van der Waals surface area contributed by atoms with Gasteiger partial charge in [-0.15, -0.1) is 16.4 Å². The Bertz CT molecular complexity index is 2050. The highest BCUT2D eigenvalue weighted by molar-refractivity contribution is 7.98. The molecule has 3 atom stereocenters. The second-order valence-electron chi connectivity index (χ2n) is 12.3. The van der Waals surface area contributed by atoms with Gasteiger partial charge in [0.05, 0.1) is 45.0 Å². The molecule has 0 aliphatic heterocycles. The number of hydrogen-bond acceptors (Lipinski definition) is 8. The highest BCUT2D eigenvalue weighted by Crippen LogP contribution is 2.53. The van der Waals surface area contributed by atoms with Crippen molar-refractivity contribution in [3.05, 3.63) is 75.5 Å². The number of rotatable bonds is 7. The van der Waals surface area contributed by atoms with E-state index in [2.05, 4.69) is 32.1 Å². The third-order valence-corrected chi connectivity index (χ3v) is 12.4. The number of halogens is 4. The highest BCUT2D eigenvalue weighted by Gasteiger charge is 2.54. The lowest BCUT2D eigenvalue weighted by Crippen LogP contribution is -2.56. The molecule has 1 aromatic carbocycles. The molecule has 0 spiro atoms. The summed E-state index contributed by atoms with van der Waals surface area (Å²) in [5.74, 6) is 2.90. The van der Waals surface area contributed by atoms with Gasteiger partial charge >= 0.3 is 6.18 Å². The number of aromatic nitrogens is 6. The zero-order valence-corrected chi connectivity index (χ0v) is 26.7. The summed E-state index contributed by atoms with van der Waals surface area (Å²) in [5, 5.41) is 18.1. The number of thiazole rings is 1. The maximum Gasteiger partial charge on any atom is 0.427 e. The molecular weight excluding hydrogens is 657 g/mol. The Hall–Kier alpha value is -4.20. The van der Waals surface area contributed by atoms with Crippen LogP contribution in [0.4, 0.5) is 17.6 Å². The number of benzene rings is 1. The molecule has 2 fully saturated rings. The molecule has 1 unspecified atom stereocenters. The maximum absolute atomic E-state index is 14.6. The largest absolute Gasteiger partial charge is 0.427 e. The SMILES string of the molecule is C=S(=O)(c1ncn(C)n1)N(C1CC(C#N)C1)[C@H]1CCC2=Cc3c(cnn3-c3ccc(F)cc3)C[C@]2(C(=O)c2ncc(C(F)(F)F)s2)C1. The maximum atomic E-state index is 14.6. The summed E-state index contributed by atoms with van der Waals surface area (Å²) >= 11 is 0.306. The summed E-state index contributed by atoms with van der Waals surface area (Å²) in [7, 11) is -1.65. The molecule has 0 N–H and O–H groups in total. The van der Waals surface area contributed by atoms with Gasteiger partial charge in [-0.05, 0) is 80.3 Å². The van der Waals surface area contributed by atoms with Crippen LogP contribution < -0.4 is 0 Å².